The van der Waals surface area contributed by atoms with E-state index in [1.807, 2.05) is 26.0 Å². The van der Waals surface area contributed by atoms with Gasteiger partial charge in [-0.3, -0.25) is 4.90 Å². The Labute approximate surface area is 268 Å². The molecule has 45 heavy (non-hydrogen) atoms. The van der Waals surface area contributed by atoms with Crippen molar-refractivity contribution in [3.8, 4) is 23.2 Å². The van der Waals surface area contributed by atoms with Crippen LogP contribution in [0.25, 0.3) is 11.3 Å². The lowest BCUT2D eigenvalue weighted by Crippen LogP contribution is -2.45. The maximum absolute atomic E-state index is 10.1. The molecule has 0 bridgehead atoms. The van der Waals surface area contributed by atoms with Gasteiger partial charge in [0.1, 0.15) is 11.8 Å². The molecule has 10 heteroatoms. The molecule has 3 aliphatic rings. The second kappa shape index (κ2) is 11.7. The minimum atomic E-state index is -1.96. The monoisotopic (exact) mass is 625 g/mol. The average molecular weight is 626 g/mol. The third kappa shape index (κ3) is 6.44. The van der Waals surface area contributed by atoms with E-state index in [1.54, 1.807) is 6.20 Å². The van der Waals surface area contributed by atoms with Crippen molar-refractivity contribution < 1.29 is 9.16 Å². The van der Waals surface area contributed by atoms with Crippen LogP contribution in [0.5, 0.6) is 5.88 Å². The van der Waals surface area contributed by atoms with Crippen molar-refractivity contribution >= 4 is 25.6 Å². The van der Waals surface area contributed by atoms with Crippen molar-refractivity contribution in [3.05, 3.63) is 52.8 Å². The lowest BCUT2D eigenvalue weighted by atomic mass is 9.83. The first-order valence-electron chi connectivity index (χ1n) is 16.3. The summed E-state index contributed by atoms with van der Waals surface area (Å²) in [6, 6.07) is 11.3. The maximum Gasteiger partial charge on any atom is 0.238 e. The van der Waals surface area contributed by atoms with Gasteiger partial charge in [-0.1, -0.05) is 27.7 Å². The fourth-order valence-electron chi connectivity index (χ4n) is 5.94. The average Bonchev–Trinajstić information content (AvgIpc) is 3.79. The van der Waals surface area contributed by atoms with Crippen molar-refractivity contribution in [3.63, 3.8) is 0 Å². The number of nitrogens with one attached hydrogen (secondary N) is 2. The van der Waals surface area contributed by atoms with Crippen LogP contribution in [-0.2, 0) is 22.8 Å². The van der Waals surface area contributed by atoms with Gasteiger partial charge in [0.05, 0.1) is 28.7 Å². The number of aromatic nitrogens is 3. The van der Waals surface area contributed by atoms with Crippen molar-refractivity contribution in [2.24, 2.45) is 0 Å². The Hall–Kier alpha value is -3.52. The second-order valence-corrected chi connectivity index (χ2v) is 19.8. The summed E-state index contributed by atoms with van der Waals surface area (Å²) in [5.74, 6) is 1.03. The van der Waals surface area contributed by atoms with E-state index < -0.39 is 8.32 Å². The third-order valence-electron chi connectivity index (χ3n) is 9.90. The lowest BCUT2D eigenvalue weighted by molar-refractivity contribution is 0.220. The zero-order valence-corrected chi connectivity index (χ0v) is 29.0. The molecule has 0 spiro atoms. The molecule has 0 unspecified atom stereocenters. The van der Waals surface area contributed by atoms with E-state index in [1.165, 1.54) is 18.4 Å². The minimum Gasteiger partial charge on any atom is -0.473 e. The molecular weight excluding hydrogens is 579 g/mol. The van der Waals surface area contributed by atoms with E-state index in [-0.39, 0.29) is 16.6 Å². The molecule has 6 rings (SSSR count). The second-order valence-electron chi connectivity index (χ2n) is 15.0. The standard InChI is InChI=1S/C35H47N7O2Si/c1-22(2)44-32-30(17-25-19-42(26-9-10-26)14-12-29(25)39-32)41-33-37-13-11-28(40-33)23-15-24(18-36)31-27(16-23)35(6,20-38-31)21-43-45(7,8)34(3,4)5/h11,13,15-17,22,26,38H,9-10,12,14,19-21H2,1-8H3,(H,37,40,41)/t35-/m1/s1. The van der Waals surface area contributed by atoms with Gasteiger partial charge in [-0.25, -0.2) is 15.0 Å². The van der Waals surface area contributed by atoms with Gasteiger partial charge < -0.3 is 19.8 Å². The summed E-state index contributed by atoms with van der Waals surface area (Å²) >= 11 is 0. The first-order valence-corrected chi connectivity index (χ1v) is 19.2. The van der Waals surface area contributed by atoms with Crippen LogP contribution in [0.2, 0.25) is 18.1 Å². The molecule has 2 aromatic heterocycles. The first kappa shape index (κ1) is 31.5. The summed E-state index contributed by atoms with van der Waals surface area (Å²) in [7, 11) is -1.96. The highest BCUT2D eigenvalue weighted by Gasteiger charge is 2.42. The van der Waals surface area contributed by atoms with E-state index in [2.05, 4.69) is 79.5 Å². The Morgan fingerprint density at radius 3 is 2.67 bits per heavy atom. The van der Waals surface area contributed by atoms with E-state index in [9.17, 15) is 5.26 Å². The van der Waals surface area contributed by atoms with Gasteiger partial charge in [-0.05, 0) is 80.2 Å². The summed E-state index contributed by atoms with van der Waals surface area (Å²) in [6.07, 6.45) is 5.25. The quantitative estimate of drug-likeness (QED) is 0.239. The number of anilines is 3. The SMILES string of the molecule is CC(C)Oc1nc2c(cc1Nc1nccc(-c3cc(C#N)c4c(c3)[C@@](C)(CO[Si](C)(C)C(C)(C)C)CN4)n1)CN(C1CC1)CC2. The molecule has 238 valence electrons. The number of nitriles is 1. The van der Waals surface area contributed by atoms with E-state index in [0.717, 1.165) is 53.4 Å². The van der Waals surface area contributed by atoms with Gasteiger partial charge in [0.25, 0.3) is 0 Å². The summed E-state index contributed by atoms with van der Waals surface area (Å²) in [5, 5.41) is 17.2. The minimum absolute atomic E-state index is 0.0192. The van der Waals surface area contributed by atoms with Gasteiger partial charge in [-0.15, -0.1) is 0 Å². The Kier molecular flexibility index (Phi) is 8.17. The number of nitrogens with zero attached hydrogens (tertiary/aromatic N) is 5. The first-order chi connectivity index (χ1) is 21.3. The van der Waals surface area contributed by atoms with Crippen molar-refractivity contribution in [2.75, 3.05) is 30.3 Å². The molecule has 3 aromatic rings. The van der Waals surface area contributed by atoms with E-state index in [0.29, 0.717) is 36.6 Å². The highest BCUT2D eigenvalue weighted by Crippen LogP contribution is 2.44. The van der Waals surface area contributed by atoms with Crippen molar-refractivity contribution in [1.82, 2.24) is 19.9 Å². The van der Waals surface area contributed by atoms with Crippen LogP contribution in [0.3, 0.4) is 0 Å². The molecule has 0 saturated heterocycles. The van der Waals surface area contributed by atoms with Crippen LogP contribution in [0, 0.1) is 11.3 Å². The van der Waals surface area contributed by atoms with Gasteiger partial charge in [0, 0.05) is 55.9 Å². The molecular formula is C35H47N7O2Si. The molecule has 1 atom stereocenters. The van der Waals surface area contributed by atoms with Crippen LogP contribution < -0.4 is 15.4 Å². The predicted molar refractivity (Wildman–Crippen MR) is 182 cm³/mol. The molecule has 1 aliphatic carbocycles. The highest BCUT2D eigenvalue weighted by molar-refractivity contribution is 6.74. The summed E-state index contributed by atoms with van der Waals surface area (Å²) in [5.41, 5.74) is 7.05. The van der Waals surface area contributed by atoms with Crippen LogP contribution in [0.4, 0.5) is 17.3 Å². The highest BCUT2D eigenvalue weighted by atomic mass is 28.4. The maximum atomic E-state index is 10.1. The number of hydrogen-bond acceptors (Lipinski definition) is 9. The largest absolute Gasteiger partial charge is 0.473 e. The molecule has 9 nitrogen and oxygen atoms in total. The molecule has 2 aliphatic heterocycles. The Morgan fingerprint density at radius 2 is 1.98 bits per heavy atom. The summed E-state index contributed by atoms with van der Waals surface area (Å²) in [4.78, 5) is 17.0. The van der Waals surface area contributed by atoms with Crippen LogP contribution >= 0.6 is 0 Å². The van der Waals surface area contributed by atoms with Gasteiger partial charge in [0.2, 0.25) is 11.8 Å². The number of benzene rings is 1. The van der Waals surface area contributed by atoms with Crippen molar-refractivity contribution in [1.29, 1.82) is 5.26 Å². The number of ether oxygens (including phenoxy) is 1. The molecule has 1 saturated carbocycles. The Balaban J connectivity index is 1.30. The molecule has 0 amide bonds. The van der Waals surface area contributed by atoms with Gasteiger partial charge in [0.15, 0.2) is 8.32 Å². The van der Waals surface area contributed by atoms with Crippen LogP contribution in [0.1, 0.15) is 76.8 Å². The Morgan fingerprint density at radius 1 is 1.20 bits per heavy atom. The van der Waals surface area contributed by atoms with Gasteiger partial charge >= 0.3 is 0 Å². The fourth-order valence-corrected chi connectivity index (χ4v) is 7.05. The molecule has 0 radical (unpaired) electrons. The van der Waals surface area contributed by atoms with E-state index in [4.69, 9.17) is 19.1 Å². The predicted octanol–water partition coefficient (Wildman–Crippen LogP) is 7.17. The smallest absolute Gasteiger partial charge is 0.238 e. The number of rotatable bonds is 9. The topological polar surface area (TPSA) is 108 Å². The number of pyridine rings is 1. The third-order valence-corrected chi connectivity index (χ3v) is 14.4. The van der Waals surface area contributed by atoms with Crippen LogP contribution in [-0.4, -0.2) is 60.0 Å². The molecule has 1 fully saturated rings. The fraction of sp³-hybridized carbons (Fsp3) is 0.543. The number of fused-ring (bicyclic) bond motifs is 2. The Bertz CT molecular complexity index is 1640. The van der Waals surface area contributed by atoms with E-state index >= 15 is 0 Å². The molecule has 2 N–H and O–H groups in total. The zero-order valence-electron chi connectivity index (χ0n) is 28.0. The van der Waals surface area contributed by atoms with Crippen molar-refractivity contribution in [2.45, 2.75) is 103 Å². The van der Waals surface area contributed by atoms with Crippen LogP contribution in [0.15, 0.2) is 30.5 Å². The summed E-state index contributed by atoms with van der Waals surface area (Å²) in [6.45, 7) is 20.9. The van der Waals surface area contributed by atoms with Gasteiger partial charge in [-0.2, -0.15) is 5.26 Å². The number of hydrogen-bond donors (Lipinski definition) is 2. The summed E-state index contributed by atoms with van der Waals surface area (Å²) < 4.78 is 12.9. The molecule has 4 heterocycles. The lowest BCUT2D eigenvalue weighted by Gasteiger charge is -2.39. The molecule has 1 aromatic carbocycles. The normalized spacial score (nSPS) is 19.9. The zero-order chi connectivity index (χ0) is 32.1.